The molecular weight excluding hydrogens is 279 g/mol. The molecule has 1 aromatic rings. The Morgan fingerprint density at radius 3 is 2.95 bits per heavy atom. The molecule has 2 heterocycles. The second kappa shape index (κ2) is 5.61. The van der Waals surface area contributed by atoms with Crippen LogP contribution in [0.4, 0.5) is 0 Å². The van der Waals surface area contributed by atoms with Crippen LogP contribution in [0, 0.1) is 5.92 Å². The Bertz CT molecular complexity index is 463. The Balaban J connectivity index is 1.84. The summed E-state index contributed by atoms with van der Waals surface area (Å²) in [7, 11) is 0. The molecule has 0 aliphatic carbocycles. The van der Waals surface area contributed by atoms with Crippen LogP contribution >= 0.6 is 23.2 Å². The summed E-state index contributed by atoms with van der Waals surface area (Å²) in [6.07, 6.45) is 2.65. The van der Waals surface area contributed by atoms with Crippen molar-refractivity contribution in [1.82, 2.24) is 10.2 Å². The first-order chi connectivity index (χ1) is 9.16. The number of fused-ring (bicyclic) bond motifs is 1. The standard InChI is InChI=1S/C15H20Cl2N2/c1-10(13-5-4-12(16)7-14(13)17)19-6-2-3-11-8-18-9-15(11)19/h4-5,7,10-11,15,18H,2-3,6,8-9H2,1H3. The smallest absolute Gasteiger partial charge is 0.0468 e. The Morgan fingerprint density at radius 2 is 2.16 bits per heavy atom. The maximum Gasteiger partial charge on any atom is 0.0468 e. The lowest BCUT2D eigenvalue weighted by Crippen LogP contribution is -2.46. The molecule has 0 amide bonds. The highest BCUT2D eigenvalue weighted by Gasteiger charge is 2.37. The first-order valence-electron chi connectivity index (χ1n) is 7.08. The fraction of sp³-hybridized carbons (Fsp3) is 0.600. The minimum absolute atomic E-state index is 0.359. The van der Waals surface area contributed by atoms with Crippen LogP contribution in [0.3, 0.4) is 0 Å². The predicted molar refractivity (Wildman–Crippen MR) is 81.0 cm³/mol. The third-order valence-corrected chi connectivity index (χ3v) is 5.19. The van der Waals surface area contributed by atoms with Crippen LogP contribution in [-0.4, -0.2) is 30.6 Å². The van der Waals surface area contributed by atoms with Gasteiger partial charge in [-0.2, -0.15) is 0 Å². The molecule has 2 aliphatic heterocycles. The van der Waals surface area contributed by atoms with Crippen molar-refractivity contribution in [1.29, 1.82) is 0 Å². The van der Waals surface area contributed by atoms with Crippen molar-refractivity contribution in [2.75, 3.05) is 19.6 Å². The topological polar surface area (TPSA) is 15.3 Å². The highest BCUT2D eigenvalue weighted by atomic mass is 35.5. The molecule has 0 spiro atoms. The molecule has 0 aromatic heterocycles. The van der Waals surface area contributed by atoms with E-state index in [1.165, 1.54) is 31.5 Å². The minimum Gasteiger partial charge on any atom is -0.315 e. The van der Waals surface area contributed by atoms with Gasteiger partial charge in [0.1, 0.15) is 0 Å². The zero-order valence-electron chi connectivity index (χ0n) is 11.2. The van der Waals surface area contributed by atoms with E-state index in [-0.39, 0.29) is 0 Å². The fourth-order valence-electron chi connectivity index (χ4n) is 3.60. The summed E-state index contributed by atoms with van der Waals surface area (Å²) in [5, 5.41) is 5.02. The lowest BCUT2D eigenvalue weighted by atomic mass is 9.90. The van der Waals surface area contributed by atoms with Gasteiger partial charge in [-0.05, 0) is 56.5 Å². The molecule has 1 N–H and O–H groups in total. The summed E-state index contributed by atoms with van der Waals surface area (Å²) in [5.74, 6) is 0.808. The first-order valence-corrected chi connectivity index (χ1v) is 7.84. The van der Waals surface area contributed by atoms with Gasteiger partial charge < -0.3 is 5.32 Å². The molecule has 0 saturated carbocycles. The van der Waals surface area contributed by atoms with Crippen molar-refractivity contribution in [2.24, 2.45) is 5.92 Å². The summed E-state index contributed by atoms with van der Waals surface area (Å²) in [5.41, 5.74) is 1.19. The first kappa shape index (κ1) is 13.7. The summed E-state index contributed by atoms with van der Waals surface area (Å²) >= 11 is 12.3. The van der Waals surface area contributed by atoms with Crippen molar-refractivity contribution >= 4 is 23.2 Å². The van der Waals surface area contributed by atoms with Crippen molar-refractivity contribution in [3.8, 4) is 0 Å². The van der Waals surface area contributed by atoms with E-state index in [1.54, 1.807) is 0 Å². The highest BCUT2D eigenvalue weighted by molar-refractivity contribution is 6.35. The SMILES string of the molecule is CC(c1ccc(Cl)cc1Cl)N1CCCC2CNCC21. The average Bonchev–Trinajstić information content (AvgIpc) is 2.86. The van der Waals surface area contributed by atoms with Gasteiger partial charge in [0, 0.05) is 28.7 Å². The lowest BCUT2D eigenvalue weighted by molar-refractivity contribution is 0.0848. The molecule has 0 radical (unpaired) electrons. The van der Waals surface area contributed by atoms with E-state index in [0.717, 1.165) is 17.5 Å². The Labute approximate surface area is 125 Å². The second-order valence-corrected chi connectivity index (χ2v) is 6.55. The molecular formula is C15H20Cl2N2. The molecule has 4 heteroatoms. The Hall–Kier alpha value is -0.280. The van der Waals surface area contributed by atoms with Gasteiger partial charge in [-0.15, -0.1) is 0 Å². The number of benzene rings is 1. The molecule has 2 fully saturated rings. The number of likely N-dealkylation sites (tertiary alicyclic amines) is 1. The van der Waals surface area contributed by atoms with Crippen LogP contribution < -0.4 is 5.32 Å². The molecule has 3 atom stereocenters. The maximum atomic E-state index is 6.36. The van der Waals surface area contributed by atoms with Crippen molar-refractivity contribution in [2.45, 2.75) is 31.8 Å². The minimum atomic E-state index is 0.359. The Morgan fingerprint density at radius 1 is 1.32 bits per heavy atom. The van der Waals surface area contributed by atoms with E-state index in [9.17, 15) is 0 Å². The molecule has 3 rings (SSSR count). The summed E-state index contributed by atoms with van der Waals surface area (Å²) < 4.78 is 0. The monoisotopic (exact) mass is 298 g/mol. The molecule has 104 valence electrons. The third kappa shape index (κ3) is 2.64. The highest BCUT2D eigenvalue weighted by Crippen LogP contribution is 2.36. The summed E-state index contributed by atoms with van der Waals surface area (Å²) in [4.78, 5) is 2.61. The van der Waals surface area contributed by atoms with E-state index in [0.29, 0.717) is 17.1 Å². The van der Waals surface area contributed by atoms with Crippen LogP contribution in [0.1, 0.15) is 31.4 Å². The molecule has 1 aromatic carbocycles. The molecule has 2 saturated heterocycles. The van der Waals surface area contributed by atoms with Crippen molar-refractivity contribution < 1.29 is 0 Å². The molecule has 19 heavy (non-hydrogen) atoms. The van der Waals surface area contributed by atoms with Gasteiger partial charge in [0.15, 0.2) is 0 Å². The summed E-state index contributed by atoms with van der Waals surface area (Å²) in [6, 6.07) is 6.88. The van der Waals surface area contributed by atoms with Gasteiger partial charge in [0.05, 0.1) is 0 Å². The van der Waals surface area contributed by atoms with Crippen LogP contribution in [0.5, 0.6) is 0 Å². The van der Waals surface area contributed by atoms with Gasteiger partial charge in [0.25, 0.3) is 0 Å². The van der Waals surface area contributed by atoms with Gasteiger partial charge in [-0.3, -0.25) is 4.90 Å². The van der Waals surface area contributed by atoms with E-state index < -0.39 is 0 Å². The number of hydrogen-bond donors (Lipinski definition) is 1. The second-order valence-electron chi connectivity index (χ2n) is 5.71. The molecule has 0 bridgehead atoms. The van der Waals surface area contributed by atoms with Crippen LogP contribution in [0.15, 0.2) is 18.2 Å². The molecule has 2 nitrogen and oxygen atoms in total. The average molecular weight is 299 g/mol. The van der Waals surface area contributed by atoms with E-state index >= 15 is 0 Å². The van der Waals surface area contributed by atoms with Gasteiger partial charge in [0.2, 0.25) is 0 Å². The van der Waals surface area contributed by atoms with Crippen molar-refractivity contribution in [3.63, 3.8) is 0 Å². The quantitative estimate of drug-likeness (QED) is 0.895. The lowest BCUT2D eigenvalue weighted by Gasteiger charge is -2.41. The number of nitrogens with zero attached hydrogens (tertiary/aromatic N) is 1. The predicted octanol–water partition coefficient (Wildman–Crippen LogP) is 3.74. The normalized spacial score (nSPS) is 29.2. The number of hydrogen-bond acceptors (Lipinski definition) is 2. The number of nitrogens with one attached hydrogen (secondary N) is 1. The number of rotatable bonds is 2. The van der Waals surface area contributed by atoms with Crippen molar-refractivity contribution in [3.05, 3.63) is 33.8 Å². The molecule has 2 aliphatic rings. The summed E-state index contributed by atoms with van der Waals surface area (Å²) in [6.45, 7) is 5.71. The van der Waals surface area contributed by atoms with E-state index in [2.05, 4.69) is 23.2 Å². The number of halogens is 2. The zero-order valence-corrected chi connectivity index (χ0v) is 12.7. The van der Waals surface area contributed by atoms with E-state index in [4.69, 9.17) is 23.2 Å². The van der Waals surface area contributed by atoms with Gasteiger partial charge in [-0.25, -0.2) is 0 Å². The Kier molecular flexibility index (Phi) is 4.04. The van der Waals surface area contributed by atoms with Crippen LogP contribution in [0.2, 0.25) is 10.0 Å². The van der Waals surface area contributed by atoms with Gasteiger partial charge in [-0.1, -0.05) is 29.3 Å². The van der Waals surface area contributed by atoms with E-state index in [1.807, 2.05) is 12.1 Å². The zero-order chi connectivity index (χ0) is 13.4. The fourth-order valence-corrected chi connectivity index (χ4v) is 4.17. The van der Waals surface area contributed by atoms with Crippen LogP contribution in [-0.2, 0) is 0 Å². The maximum absolute atomic E-state index is 6.36. The third-order valence-electron chi connectivity index (χ3n) is 4.63. The van der Waals surface area contributed by atoms with Gasteiger partial charge >= 0.3 is 0 Å². The largest absolute Gasteiger partial charge is 0.315 e. The number of piperidine rings is 1. The molecule has 3 unspecified atom stereocenters. The van der Waals surface area contributed by atoms with Crippen LogP contribution in [0.25, 0.3) is 0 Å².